The SMILES string of the molecule is O=C(C1CC(c2ccc(Cl)cc2)NN1)N1CC=C(c2ccccc2)CC1. The van der Waals surface area contributed by atoms with Gasteiger partial charge in [0.15, 0.2) is 0 Å². The number of nitrogens with one attached hydrogen (secondary N) is 2. The van der Waals surface area contributed by atoms with E-state index in [4.69, 9.17) is 11.6 Å². The number of hydrogen-bond donors (Lipinski definition) is 2. The predicted octanol–water partition coefficient (Wildman–Crippen LogP) is 3.56. The summed E-state index contributed by atoms with van der Waals surface area (Å²) >= 11 is 5.95. The lowest BCUT2D eigenvalue weighted by atomic mass is 9.98. The molecule has 0 radical (unpaired) electrons. The minimum absolute atomic E-state index is 0.126. The van der Waals surface area contributed by atoms with E-state index >= 15 is 0 Å². The summed E-state index contributed by atoms with van der Waals surface area (Å²) in [5.41, 5.74) is 10.1. The average Bonchev–Trinajstić information content (AvgIpc) is 3.19. The van der Waals surface area contributed by atoms with Crippen molar-refractivity contribution in [1.29, 1.82) is 0 Å². The zero-order valence-electron chi connectivity index (χ0n) is 14.5. The van der Waals surface area contributed by atoms with Crippen LogP contribution < -0.4 is 10.9 Å². The van der Waals surface area contributed by atoms with Crippen LogP contribution in [-0.2, 0) is 4.79 Å². The summed E-state index contributed by atoms with van der Waals surface area (Å²) in [6.45, 7) is 1.44. The van der Waals surface area contributed by atoms with Crippen molar-refractivity contribution in [2.24, 2.45) is 0 Å². The highest BCUT2D eigenvalue weighted by atomic mass is 35.5. The molecule has 1 amide bonds. The third-order valence-corrected chi connectivity index (χ3v) is 5.39. The molecular weight excluding hydrogens is 346 g/mol. The van der Waals surface area contributed by atoms with E-state index in [1.165, 1.54) is 11.1 Å². The predicted molar refractivity (Wildman–Crippen MR) is 104 cm³/mol. The quantitative estimate of drug-likeness (QED) is 0.871. The Labute approximate surface area is 158 Å². The molecule has 4 rings (SSSR count). The molecule has 2 aromatic rings. The number of rotatable bonds is 3. The molecule has 2 N–H and O–H groups in total. The Morgan fingerprint density at radius 2 is 1.81 bits per heavy atom. The van der Waals surface area contributed by atoms with Gasteiger partial charge in [-0.1, -0.05) is 60.1 Å². The standard InChI is InChI=1S/C21H22ClN3O/c22-18-8-6-17(7-9-18)19-14-20(24-23-19)21(26)25-12-10-16(11-13-25)15-4-2-1-3-5-15/h1-10,19-20,23-24H,11-14H2. The largest absolute Gasteiger partial charge is 0.337 e. The first-order valence-corrected chi connectivity index (χ1v) is 9.38. The summed E-state index contributed by atoms with van der Waals surface area (Å²) in [6.07, 6.45) is 3.82. The fourth-order valence-corrected chi connectivity index (χ4v) is 3.76. The number of halogens is 1. The van der Waals surface area contributed by atoms with Gasteiger partial charge in [-0.05, 0) is 41.7 Å². The summed E-state index contributed by atoms with van der Waals surface area (Å²) in [7, 11) is 0. The third kappa shape index (κ3) is 3.68. The van der Waals surface area contributed by atoms with Gasteiger partial charge in [-0.3, -0.25) is 4.79 Å². The van der Waals surface area contributed by atoms with Gasteiger partial charge in [-0.2, -0.15) is 0 Å². The van der Waals surface area contributed by atoms with Crippen LogP contribution in [-0.4, -0.2) is 29.9 Å². The minimum atomic E-state index is -0.192. The lowest BCUT2D eigenvalue weighted by Gasteiger charge is -2.28. The van der Waals surface area contributed by atoms with Gasteiger partial charge in [0.05, 0.1) is 0 Å². The molecular formula is C21H22ClN3O. The van der Waals surface area contributed by atoms with Crippen molar-refractivity contribution in [2.45, 2.75) is 24.9 Å². The molecule has 134 valence electrons. The number of carbonyl (C=O) groups excluding carboxylic acids is 1. The van der Waals surface area contributed by atoms with Crippen molar-refractivity contribution in [3.05, 3.63) is 76.8 Å². The molecule has 2 heterocycles. The average molecular weight is 368 g/mol. The van der Waals surface area contributed by atoms with Crippen LogP contribution >= 0.6 is 11.6 Å². The molecule has 2 aromatic carbocycles. The van der Waals surface area contributed by atoms with Gasteiger partial charge in [0, 0.05) is 24.2 Å². The Balaban J connectivity index is 1.37. The Morgan fingerprint density at radius 3 is 2.50 bits per heavy atom. The van der Waals surface area contributed by atoms with Crippen LogP contribution in [0.25, 0.3) is 5.57 Å². The van der Waals surface area contributed by atoms with Crippen LogP contribution in [0.5, 0.6) is 0 Å². The van der Waals surface area contributed by atoms with Crippen molar-refractivity contribution < 1.29 is 4.79 Å². The Hall–Kier alpha value is -2.14. The van der Waals surface area contributed by atoms with Gasteiger partial charge in [0.25, 0.3) is 0 Å². The maximum absolute atomic E-state index is 12.8. The number of benzene rings is 2. The van der Waals surface area contributed by atoms with E-state index in [9.17, 15) is 4.79 Å². The number of hydrazine groups is 1. The number of nitrogens with zero attached hydrogens (tertiary/aromatic N) is 1. The van der Waals surface area contributed by atoms with Gasteiger partial charge < -0.3 is 4.90 Å². The van der Waals surface area contributed by atoms with Crippen molar-refractivity contribution in [3.8, 4) is 0 Å². The Morgan fingerprint density at radius 1 is 1.04 bits per heavy atom. The minimum Gasteiger partial charge on any atom is -0.337 e. The van der Waals surface area contributed by atoms with Crippen molar-refractivity contribution in [3.63, 3.8) is 0 Å². The van der Waals surface area contributed by atoms with Crippen molar-refractivity contribution in [2.75, 3.05) is 13.1 Å². The fraction of sp³-hybridized carbons (Fsp3) is 0.286. The summed E-state index contributed by atoms with van der Waals surface area (Å²) < 4.78 is 0. The Kier molecular flexibility index (Phi) is 5.07. The highest BCUT2D eigenvalue weighted by Gasteiger charge is 2.33. The zero-order valence-corrected chi connectivity index (χ0v) is 15.2. The van der Waals surface area contributed by atoms with E-state index < -0.39 is 0 Å². The van der Waals surface area contributed by atoms with Crippen LogP contribution in [0.1, 0.15) is 30.0 Å². The highest BCUT2D eigenvalue weighted by molar-refractivity contribution is 6.30. The molecule has 0 saturated carbocycles. The van der Waals surface area contributed by atoms with Crippen LogP contribution in [0.2, 0.25) is 5.02 Å². The molecule has 26 heavy (non-hydrogen) atoms. The van der Waals surface area contributed by atoms with E-state index in [1.54, 1.807) is 0 Å². The van der Waals surface area contributed by atoms with E-state index in [-0.39, 0.29) is 18.0 Å². The molecule has 2 aliphatic rings. The van der Waals surface area contributed by atoms with E-state index in [0.29, 0.717) is 6.54 Å². The molecule has 1 fully saturated rings. The summed E-state index contributed by atoms with van der Waals surface area (Å²) in [5.74, 6) is 0.164. The van der Waals surface area contributed by atoms with Gasteiger partial charge in [-0.15, -0.1) is 0 Å². The molecule has 0 bridgehead atoms. The summed E-state index contributed by atoms with van der Waals surface area (Å²) in [5, 5.41) is 0.724. The monoisotopic (exact) mass is 367 g/mol. The first-order chi connectivity index (χ1) is 12.7. The topological polar surface area (TPSA) is 44.4 Å². The van der Waals surface area contributed by atoms with E-state index in [2.05, 4.69) is 41.2 Å². The van der Waals surface area contributed by atoms with Crippen LogP contribution in [0, 0.1) is 0 Å². The van der Waals surface area contributed by atoms with E-state index in [1.807, 2.05) is 35.2 Å². The molecule has 0 aliphatic carbocycles. The molecule has 0 aromatic heterocycles. The molecule has 5 heteroatoms. The zero-order chi connectivity index (χ0) is 17.9. The molecule has 1 saturated heterocycles. The number of carbonyl (C=O) groups is 1. The van der Waals surface area contributed by atoms with E-state index in [0.717, 1.165) is 30.0 Å². The highest BCUT2D eigenvalue weighted by Crippen LogP contribution is 2.26. The fourth-order valence-electron chi connectivity index (χ4n) is 3.64. The van der Waals surface area contributed by atoms with Gasteiger partial charge >= 0.3 is 0 Å². The molecule has 2 unspecified atom stereocenters. The normalized spacial score (nSPS) is 23.0. The maximum Gasteiger partial charge on any atom is 0.241 e. The first-order valence-electron chi connectivity index (χ1n) is 9.00. The van der Waals surface area contributed by atoms with Gasteiger partial charge in [-0.25, -0.2) is 10.9 Å². The second kappa shape index (κ2) is 7.62. The third-order valence-electron chi connectivity index (χ3n) is 5.14. The lowest BCUT2D eigenvalue weighted by molar-refractivity contribution is -0.132. The molecule has 0 spiro atoms. The molecule has 2 atom stereocenters. The summed E-state index contributed by atoms with van der Waals surface area (Å²) in [4.78, 5) is 14.8. The molecule has 2 aliphatic heterocycles. The summed E-state index contributed by atoms with van der Waals surface area (Å²) in [6, 6.07) is 18.1. The Bertz CT molecular complexity index is 804. The van der Waals surface area contributed by atoms with Crippen LogP contribution in [0.4, 0.5) is 0 Å². The second-order valence-corrected chi connectivity index (χ2v) is 7.25. The smallest absolute Gasteiger partial charge is 0.241 e. The van der Waals surface area contributed by atoms with Crippen LogP contribution in [0.3, 0.4) is 0 Å². The second-order valence-electron chi connectivity index (χ2n) is 6.81. The number of amides is 1. The van der Waals surface area contributed by atoms with Gasteiger partial charge in [0.2, 0.25) is 5.91 Å². The van der Waals surface area contributed by atoms with Crippen LogP contribution in [0.15, 0.2) is 60.7 Å². The van der Waals surface area contributed by atoms with Crippen molar-refractivity contribution >= 4 is 23.1 Å². The van der Waals surface area contributed by atoms with Gasteiger partial charge in [0.1, 0.15) is 6.04 Å². The molecule has 4 nitrogen and oxygen atoms in total. The first kappa shape index (κ1) is 17.3. The lowest BCUT2D eigenvalue weighted by Crippen LogP contribution is -2.46. The number of hydrogen-bond acceptors (Lipinski definition) is 3. The van der Waals surface area contributed by atoms with Crippen molar-refractivity contribution in [1.82, 2.24) is 15.8 Å². The maximum atomic E-state index is 12.8.